The number of sulfone groups is 1. The van der Waals surface area contributed by atoms with Crippen LogP contribution >= 0.6 is 0 Å². The molecule has 0 aromatic heterocycles. The molecule has 0 amide bonds. The fourth-order valence-corrected chi connectivity index (χ4v) is 5.28. The number of hydrogen-bond acceptors (Lipinski definition) is 6. The Hall–Kier alpha value is -1.45. The van der Waals surface area contributed by atoms with E-state index < -0.39 is 25.8 Å². The predicted octanol–water partition coefficient (Wildman–Crippen LogP) is 0.186. The number of carbonyl (C=O) groups excluding carboxylic acids is 1. The van der Waals surface area contributed by atoms with Gasteiger partial charge >= 0.3 is 5.97 Å². The van der Waals surface area contributed by atoms with Crippen LogP contribution in [-0.2, 0) is 24.6 Å². The van der Waals surface area contributed by atoms with E-state index in [4.69, 9.17) is 0 Å². The summed E-state index contributed by atoms with van der Waals surface area (Å²) in [5.74, 6) is -0.753. The lowest BCUT2D eigenvalue weighted by molar-refractivity contribution is 0.0600. The van der Waals surface area contributed by atoms with E-state index >= 15 is 0 Å². The molecule has 0 unspecified atom stereocenters. The van der Waals surface area contributed by atoms with Crippen molar-refractivity contribution in [2.24, 2.45) is 5.92 Å². The molecule has 0 aliphatic carbocycles. The quantitative estimate of drug-likeness (QED) is 0.762. The van der Waals surface area contributed by atoms with Crippen molar-refractivity contribution in [3.05, 3.63) is 29.8 Å². The van der Waals surface area contributed by atoms with Gasteiger partial charge in [0, 0.05) is 6.54 Å². The average Bonchev–Trinajstić information content (AvgIpc) is 2.84. The van der Waals surface area contributed by atoms with Crippen molar-refractivity contribution < 1.29 is 26.4 Å². The van der Waals surface area contributed by atoms with Crippen LogP contribution in [0.25, 0.3) is 0 Å². The maximum absolute atomic E-state index is 12.2. The molecule has 9 heteroatoms. The number of methoxy groups -OCH3 is 1. The molecule has 1 aromatic rings. The fourth-order valence-electron chi connectivity index (χ4n) is 2.25. The maximum atomic E-state index is 12.2. The molecule has 1 aliphatic rings. The summed E-state index contributed by atoms with van der Waals surface area (Å²) in [6, 6.07) is 5.48. The van der Waals surface area contributed by atoms with Gasteiger partial charge in [-0.1, -0.05) is 6.07 Å². The minimum absolute atomic E-state index is 0.00226. The Bertz CT molecular complexity index is 769. The number of ether oxygens (including phenoxy) is 1. The number of benzene rings is 1. The summed E-state index contributed by atoms with van der Waals surface area (Å²) >= 11 is 0. The highest BCUT2D eigenvalue weighted by atomic mass is 32.2. The third-order valence-corrected chi connectivity index (χ3v) is 6.71. The molecule has 0 spiro atoms. The van der Waals surface area contributed by atoms with Gasteiger partial charge in [-0.2, -0.15) is 0 Å². The normalized spacial score (nSPS) is 20.7. The Morgan fingerprint density at radius 2 is 2.14 bits per heavy atom. The molecule has 0 radical (unpaired) electrons. The van der Waals surface area contributed by atoms with Gasteiger partial charge in [-0.05, 0) is 30.5 Å². The highest BCUT2D eigenvalue weighted by molar-refractivity contribution is 7.91. The molecule has 0 saturated carbocycles. The third kappa shape index (κ3) is 4.05. The molecule has 0 bridgehead atoms. The van der Waals surface area contributed by atoms with E-state index in [-0.39, 0.29) is 34.4 Å². The average molecular weight is 347 g/mol. The van der Waals surface area contributed by atoms with Crippen LogP contribution in [0.2, 0.25) is 0 Å². The number of sulfonamides is 1. The van der Waals surface area contributed by atoms with E-state index in [1.807, 2.05) is 0 Å². The van der Waals surface area contributed by atoms with Crippen molar-refractivity contribution in [3.63, 3.8) is 0 Å². The maximum Gasteiger partial charge on any atom is 0.337 e. The molecular weight excluding hydrogens is 330 g/mol. The molecule has 1 atom stereocenters. The summed E-state index contributed by atoms with van der Waals surface area (Å²) in [6.45, 7) is 0.0595. The second kappa shape index (κ2) is 6.35. The molecule has 2 rings (SSSR count). The predicted molar refractivity (Wildman–Crippen MR) is 79.7 cm³/mol. The minimum atomic E-state index is -3.80. The van der Waals surface area contributed by atoms with Crippen molar-refractivity contribution in [2.45, 2.75) is 11.3 Å². The second-order valence-electron chi connectivity index (χ2n) is 5.14. The highest BCUT2D eigenvalue weighted by Crippen LogP contribution is 2.19. The standard InChI is InChI=1S/C13H17NO6S2/c1-20-13(15)11-3-2-4-12(7-11)22(18,19)14-8-10-5-6-21(16,17)9-10/h2-4,7,10,14H,5-6,8-9H2,1H3/t10-/m1/s1. The van der Waals surface area contributed by atoms with Gasteiger partial charge in [0.05, 0.1) is 29.1 Å². The third-order valence-electron chi connectivity index (χ3n) is 3.45. The molecular formula is C13H17NO6S2. The van der Waals surface area contributed by atoms with Crippen LogP contribution in [-0.4, -0.2) is 48.0 Å². The molecule has 22 heavy (non-hydrogen) atoms. The summed E-state index contributed by atoms with van der Waals surface area (Å²) in [6.07, 6.45) is 0.451. The lowest BCUT2D eigenvalue weighted by atomic mass is 10.1. The topological polar surface area (TPSA) is 107 Å². The van der Waals surface area contributed by atoms with Crippen molar-refractivity contribution in [2.75, 3.05) is 25.2 Å². The van der Waals surface area contributed by atoms with Gasteiger partial charge in [-0.25, -0.2) is 26.4 Å². The van der Waals surface area contributed by atoms with Crippen molar-refractivity contribution in [3.8, 4) is 0 Å². The van der Waals surface area contributed by atoms with Crippen LogP contribution in [0.4, 0.5) is 0 Å². The van der Waals surface area contributed by atoms with E-state index in [1.165, 1.54) is 31.4 Å². The minimum Gasteiger partial charge on any atom is -0.465 e. The number of nitrogens with one attached hydrogen (secondary N) is 1. The molecule has 122 valence electrons. The van der Waals surface area contributed by atoms with E-state index in [0.717, 1.165) is 0 Å². The van der Waals surface area contributed by atoms with Gasteiger partial charge in [0.1, 0.15) is 0 Å². The summed E-state index contributed by atoms with van der Waals surface area (Å²) in [5.41, 5.74) is 0.133. The van der Waals surface area contributed by atoms with Gasteiger partial charge in [-0.3, -0.25) is 0 Å². The van der Waals surface area contributed by atoms with Crippen LogP contribution in [0.1, 0.15) is 16.8 Å². The Morgan fingerprint density at radius 3 is 2.73 bits per heavy atom. The van der Waals surface area contributed by atoms with E-state index in [2.05, 4.69) is 9.46 Å². The highest BCUT2D eigenvalue weighted by Gasteiger charge is 2.29. The van der Waals surface area contributed by atoms with Crippen LogP contribution in [0.5, 0.6) is 0 Å². The first kappa shape index (κ1) is 16.9. The first-order chi connectivity index (χ1) is 10.2. The van der Waals surface area contributed by atoms with Gasteiger partial charge in [0.25, 0.3) is 0 Å². The summed E-state index contributed by atoms with van der Waals surface area (Å²) in [4.78, 5) is 11.4. The van der Waals surface area contributed by atoms with Crippen molar-refractivity contribution in [1.29, 1.82) is 0 Å². The van der Waals surface area contributed by atoms with E-state index in [0.29, 0.717) is 6.42 Å². The van der Waals surface area contributed by atoms with Gasteiger partial charge in [0.2, 0.25) is 10.0 Å². The smallest absolute Gasteiger partial charge is 0.337 e. The molecule has 1 saturated heterocycles. The van der Waals surface area contributed by atoms with Gasteiger partial charge in [-0.15, -0.1) is 0 Å². The molecule has 1 aliphatic heterocycles. The van der Waals surface area contributed by atoms with Gasteiger partial charge < -0.3 is 4.74 Å². The first-order valence-electron chi connectivity index (χ1n) is 6.62. The fraction of sp³-hybridized carbons (Fsp3) is 0.462. The molecule has 1 fully saturated rings. The lowest BCUT2D eigenvalue weighted by Gasteiger charge is -2.11. The summed E-state index contributed by atoms with van der Waals surface area (Å²) < 4.78 is 54.1. The second-order valence-corrected chi connectivity index (χ2v) is 9.14. The monoisotopic (exact) mass is 347 g/mol. The molecule has 1 N–H and O–H groups in total. The Labute approximate surface area is 129 Å². The van der Waals surface area contributed by atoms with Crippen LogP contribution in [0.3, 0.4) is 0 Å². The first-order valence-corrected chi connectivity index (χ1v) is 9.92. The van der Waals surface area contributed by atoms with E-state index in [9.17, 15) is 21.6 Å². The van der Waals surface area contributed by atoms with Crippen LogP contribution < -0.4 is 4.72 Å². The Morgan fingerprint density at radius 1 is 1.41 bits per heavy atom. The van der Waals surface area contributed by atoms with Crippen molar-refractivity contribution >= 4 is 25.8 Å². The Kier molecular flexibility index (Phi) is 4.88. The molecule has 1 aromatic carbocycles. The van der Waals surface area contributed by atoms with Gasteiger partial charge in [0.15, 0.2) is 9.84 Å². The van der Waals surface area contributed by atoms with Crippen LogP contribution in [0, 0.1) is 5.92 Å². The van der Waals surface area contributed by atoms with Crippen LogP contribution in [0.15, 0.2) is 29.2 Å². The number of esters is 1. The lowest BCUT2D eigenvalue weighted by Crippen LogP contribution is -2.30. The van der Waals surface area contributed by atoms with Crippen molar-refractivity contribution in [1.82, 2.24) is 4.72 Å². The largest absolute Gasteiger partial charge is 0.465 e. The summed E-state index contributed by atoms with van der Waals surface area (Å²) in [5, 5.41) is 0. The molecule has 1 heterocycles. The van der Waals surface area contributed by atoms with E-state index in [1.54, 1.807) is 0 Å². The zero-order chi connectivity index (χ0) is 16.4. The summed E-state index contributed by atoms with van der Waals surface area (Å²) in [7, 11) is -5.64. The Balaban J connectivity index is 2.09. The zero-order valence-electron chi connectivity index (χ0n) is 12.0. The SMILES string of the molecule is COC(=O)c1cccc(S(=O)(=O)NC[C@H]2CCS(=O)(=O)C2)c1. The zero-order valence-corrected chi connectivity index (χ0v) is 13.6. The number of carbonyl (C=O) groups is 1. The molecule has 7 nitrogen and oxygen atoms in total. The number of hydrogen-bond donors (Lipinski definition) is 1. The number of rotatable bonds is 5.